The van der Waals surface area contributed by atoms with Crippen molar-refractivity contribution >= 4 is 76.5 Å². The Balaban J connectivity index is -0.0000000486. The molecule has 0 aliphatic carbocycles. The molecular weight excluding hydrogens is 932 g/mol. The predicted octanol–water partition coefficient (Wildman–Crippen LogP) is 12.9. The van der Waals surface area contributed by atoms with E-state index < -0.39 is 76.5 Å². The maximum absolute atomic E-state index is 5.32. The van der Waals surface area contributed by atoms with Crippen molar-refractivity contribution in [3.63, 3.8) is 0 Å². The second-order valence-electron chi connectivity index (χ2n) is 18.3. The van der Waals surface area contributed by atoms with Gasteiger partial charge in [0.1, 0.15) is 0 Å². The first-order valence-electron chi connectivity index (χ1n) is 20.3. The van der Waals surface area contributed by atoms with E-state index in [1.807, 2.05) is 33.3 Å². The van der Waals surface area contributed by atoms with Gasteiger partial charge in [0.2, 0.25) is 9.04 Å². The number of rotatable bonds is 13. The molecule has 20 heteroatoms. The summed E-state index contributed by atoms with van der Waals surface area (Å²) in [5, 5.41) is 0. The Bertz CT molecular complexity index is 707. The number of hydrogen-bond acceptors (Lipinski definition) is 10. The summed E-state index contributed by atoms with van der Waals surface area (Å²) in [5.41, 5.74) is 2.08. The molecule has 10 nitrogen and oxygen atoms in total. The predicted molar refractivity (Wildman–Crippen MR) is 289 cm³/mol. The molecule has 0 bridgehead atoms. The van der Waals surface area contributed by atoms with Gasteiger partial charge in [-0.2, -0.15) is 6.92 Å². The number of hydrogen-bond donors (Lipinski definition) is 0. The minimum Gasteiger partial charge on any atom is -0.424 e. The zero-order chi connectivity index (χ0) is 49.8. The molecule has 0 N–H and O–H groups in total. The molecule has 0 spiro atoms. The first-order valence-corrected chi connectivity index (χ1v) is 48.5. The van der Waals surface area contributed by atoms with Gasteiger partial charge < -0.3 is 46.8 Å². The summed E-state index contributed by atoms with van der Waals surface area (Å²) >= 11 is 0. The van der Waals surface area contributed by atoms with E-state index in [9.17, 15) is 0 Å². The maximum Gasteiger partial charge on any atom is 0.331 e. The van der Waals surface area contributed by atoms with Crippen LogP contribution in [0.3, 0.4) is 0 Å². The van der Waals surface area contributed by atoms with Crippen LogP contribution in [0.25, 0.3) is 0 Å². The van der Waals surface area contributed by atoms with Gasteiger partial charge in [-0.05, 0) is 130 Å². The van der Waals surface area contributed by atoms with E-state index in [1.54, 1.807) is 63.8 Å². The Kier molecular flexibility index (Phi) is 77.8. The first-order chi connectivity index (χ1) is 25.6. The average molecular weight is 1050 g/mol. The molecule has 0 rings (SSSR count). The smallest absolute Gasteiger partial charge is 0.331 e. The molecule has 0 aromatic rings. The molecule has 0 aromatic heterocycles. The SMILES string of the molecule is C=C[Si](C)(C)C.CCC[Si](C)(C)OC.CO[SiH](C)C.CO[Si](C)(C)C.CO[Si](C)(C)C.CO[Si](C)(C)C.CO[Si](C)(C)OC.CO[Si](C)(C)OC.[CH2+]O[SiH](C)C.[CH2-]C.[V]. The van der Waals surface area contributed by atoms with Crippen molar-refractivity contribution in [2.75, 3.05) is 64.0 Å². The van der Waals surface area contributed by atoms with Crippen molar-refractivity contribution in [3.8, 4) is 0 Å². The summed E-state index contributed by atoms with van der Waals surface area (Å²) in [5.74, 6) is 0. The van der Waals surface area contributed by atoms with E-state index in [4.69, 9.17) is 39.8 Å². The van der Waals surface area contributed by atoms with E-state index in [-0.39, 0.29) is 18.6 Å². The van der Waals surface area contributed by atoms with Gasteiger partial charge in [-0.25, -0.2) is 0 Å². The summed E-state index contributed by atoms with van der Waals surface area (Å²) in [7, 11) is 8.69. The van der Waals surface area contributed by atoms with Crippen LogP contribution in [0.1, 0.15) is 20.3 Å². The second-order valence-corrected chi connectivity index (χ2v) is 54.0. The molecule has 1 radical (unpaired) electrons. The largest absolute Gasteiger partial charge is 0.424 e. The van der Waals surface area contributed by atoms with Crippen molar-refractivity contribution < 1.29 is 62.8 Å². The fraction of sp³-hybridized carbons (Fsp3) is 0.897. The topological polar surface area (TPSA) is 92.3 Å². The quantitative estimate of drug-likeness (QED) is 0.131. The van der Waals surface area contributed by atoms with Crippen LogP contribution in [0.4, 0.5) is 0 Å². The monoisotopic (exact) mass is 1040 g/mol. The standard InChI is InChI=1S/C6H16OSi.C5H12Si.2C4H12O2Si.3C4H12OSi.C3H10OSi.C3H9OSi.C2H5.V/c1-5-6-8(3,4)7-2;1-5-6(2,3)4;2*1-5-7(3,4)6-2;3*1-5-6(2,3)4;2*1-4-5(2)3;1-2;/h5-6H2,1-4H3;5H,1H2,2-4H3;2*1-4H3;3*1-4H3;5H,1-3H3;5H,1H2,2-3H3;1H2,2H3;/q;;;;;;;;+1;-1;. The Morgan fingerprint density at radius 2 is 0.644 bits per heavy atom. The Labute approximate surface area is 397 Å². The van der Waals surface area contributed by atoms with Crippen LogP contribution in [0.15, 0.2) is 12.3 Å². The van der Waals surface area contributed by atoms with Crippen LogP contribution >= 0.6 is 0 Å². The Morgan fingerprint density at radius 3 is 0.661 bits per heavy atom. The molecule has 0 aromatic carbocycles. The van der Waals surface area contributed by atoms with E-state index in [0.717, 1.165) is 0 Å². The van der Waals surface area contributed by atoms with Crippen molar-refractivity contribution in [2.24, 2.45) is 0 Å². The molecule has 0 heterocycles. The van der Waals surface area contributed by atoms with Crippen LogP contribution in [-0.2, 0) is 62.8 Å². The Morgan fingerprint density at radius 1 is 0.475 bits per heavy atom. The van der Waals surface area contributed by atoms with E-state index in [1.165, 1.54) is 12.5 Å². The zero-order valence-corrected chi connectivity index (χ0v) is 57.0. The molecular formula is C39H112O10Si9V. The third-order valence-electron chi connectivity index (χ3n) is 6.63. The summed E-state index contributed by atoms with van der Waals surface area (Å²) < 4.78 is 50.1. The first kappa shape index (κ1) is 87.6. The van der Waals surface area contributed by atoms with Crippen molar-refractivity contribution in [1.29, 1.82) is 0 Å². The van der Waals surface area contributed by atoms with Gasteiger partial charge in [0.25, 0.3) is 0 Å². The van der Waals surface area contributed by atoms with Gasteiger partial charge in [0.05, 0.1) is 8.07 Å². The molecule has 369 valence electrons. The molecule has 0 saturated carbocycles. The van der Waals surface area contributed by atoms with Gasteiger partial charge in [-0.3, -0.25) is 4.43 Å². The summed E-state index contributed by atoms with van der Waals surface area (Å²) in [6.45, 7) is 58.0. The second kappa shape index (κ2) is 52.4. The van der Waals surface area contributed by atoms with Crippen LogP contribution in [0.2, 0.25) is 150 Å². The third-order valence-corrected chi connectivity index (χ3v) is 19.9. The maximum atomic E-state index is 5.32. The van der Waals surface area contributed by atoms with Gasteiger partial charge >= 0.3 is 17.1 Å². The minimum atomic E-state index is -1.65. The fourth-order valence-corrected chi connectivity index (χ4v) is 2.61. The van der Waals surface area contributed by atoms with Gasteiger partial charge in [0.15, 0.2) is 49.4 Å². The molecule has 0 saturated heterocycles. The van der Waals surface area contributed by atoms with Gasteiger partial charge in [-0.15, -0.1) is 12.3 Å². The van der Waals surface area contributed by atoms with Gasteiger partial charge in [-0.1, -0.05) is 33.0 Å². The van der Waals surface area contributed by atoms with Crippen molar-refractivity contribution in [1.82, 2.24) is 0 Å². The normalized spacial score (nSPS) is 11.0. The van der Waals surface area contributed by atoms with Crippen molar-refractivity contribution in [3.05, 3.63) is 26.3 Å². The van der Waals surface area contributed by atoms with Gasteiger partial charge in [0, 0.05) is 82.5 Å². The Hall–Kier alpha value is 1.75. The van der Waals surface area contributed by atoms with E-state index in [2.05, 4.69) is 156 Å². The van der Waals surface area contributed by atoms with Crippen LogP contribution in [-0.4, -0.2) is 141 Å². The molecule has 0 aliphatic heterocycles. The molecule has 0 fully saturated rings. The summed E-state index contributed by atoms with van der Waals surface area (Å²) in [4.78, 5) is 0. The summed E-state index contributed by atoms with van der Waals surface area (Å²) in [6.07, 6.45) is 1.26. The molecule has 0 amide bonds. The molecule has 0 atom stereocenters. The van der Waals surface area contributed by atoms with Crippen LogP contribution in [0, 0.1) is 14.0 Å². The fourth-order valence-electron chi connectivity index (χ4n) is 0.871. The van der Waals surface area contributed by atoms with Crippen LogP contribution < -0.4 is 0 Å². The molecule has 0 unspecified atom stereocenters. The average Bonchev–Trinajstić information content (AvgIpc) is 3.13. The third kappa shape index (κ3) is 148. The van der Waals surface area contributed by atoms with E-state index in [0.29, 0.717) is 0 Å². The summed E-state index contributed by atoms with van der Waals surface area (Å²) in [6, 6.07) is 1.28. The molecule has 59 heavy (non-hydrogen) atoms. The molecule has 0 aliphatic rings. The van der Waals surface area contributed by atoms with Crippen LogP contribution in [0.5, 0.6) is 0 Å². The van der Waals surface area contributed by atoms with E-state index >= 15 is 0 Å². The van der Waals surface area contributed by atoms with Crippen molar-refractivity contribution in [2.45, 2.75) is 170 Å². The minimum absolute atomic E-state index is 0. The zero-order valence-electron chi connectivity index (χ0n) is 46.3.